The SMILES string of the molecule is COc1cc([N+](=O)[O-])ccc1NC(=O)/C(C#N)=C\N1c2ccccc2CC1C. The molecule has 0 saturated carbocycles. The summed E-state index contributed by atoms with van der Waals surface area (Å²) in [7, 11) is 1.35. The summed E-state index contributed by atoms with van der Waals surface area (Å²) < 4.78 is 5.12. The van der Waals surface area contributed by atoms with Gasteiger partial charge in [0.05, 0.1) is 23.8 Å². The summed E-state index contributed by atoms with van der Waals surface area (Å²) in [6.45, 7) is 2.02. The molecule has 142 valence electrons. The number of hydrogen-bond donors (Lipinski definition) is 1. The number of carbonyl (C=O) groups is 1. The van der Waals surface area contributed by atoms with Crippen LogP contribution in [0.3, 0.4) is 0 Å². The van der Waals surface area contributed by atoms with Gasteiger partial charge in [0, 0.05) is 24.0 Å². The topological polar surface area (TPSA) is 108 Å². The Labute approximate surface area is 161 Å². The molecule has 0 spiro atoms. The van der Waals surface area contributed by atoms with Gasteiger partial charge in [-0.2, -0.15) is 5.26 Å². The highest BCUT2D eigenvalue weighted by molar-refractivity contribution is 6.07. The van der Waals surface area contributed by atoms with E-state index in [0.717, 1.165) is 17.7 Å². The Bertz CT molecular complexity index is 1010. The Balaban J connectivity index is 1.86. The second-order valence-corrected chi connectivity index (χ2v) is 6.34. The van der Waals surface area contributed by atoms with Gasteiger partial charge in [0.15, 0.2) is 0 Å². The fourth-order valence-corrected chi connectivity index (χ4v) is 3.15. The number of nitrogens with one attached hydrogen (secondary N) is 1. The number of nitro groups is 1. The van der Waals surface area contributed by atoms with Gasteiger partial charge in [-0.3, -0.25) is 14.9 Å². The molecule has 2 aromatic rings. The number of nitro benzene ring substituents is 1. The Morgan fingerprint density at radius 3 is 2.82 bits per heavy atom. The van der Waals surface area contributed by atoms with Gasteiger partial charge in [-0.05, 0) is 31.0 Å². The molecule has 0 radical (unpaired) electrons. The Morgan fingerprint density at radius 2 is 2.14 bits per heavy atom. The number of carbonyl (C=O) groups excluding carboxylic acids is 1. The van der Waals surface area contributed by atoms with Gasteiger partial charge in [0.2, 0.25) is 0 Å². The van der Waals surface area contributed by atoms with Crippen molar-refractivity contribution in [1.82, 2.24) is 0 Å². The summed E-state index contributed by atoms with van der Waals surface area (Å²) in [5.74, 6) is -0.481. The Morgan fingerprint density at radius 1 is 1.39 bits per heavy atom. The van der Waals surface area contributed by atoms with E-state index >= 15 is 0 Å². The van der Waals surface area contributed by atoms with E-state index in [2.05, 4.69) is 5.32 Å². The third-order valence-electron chi connectivity index (χ3n) is 4.54. The average Bonchev–Trinajstić information content (AvgIpc) is 3.01. The first-order chi connectivity index (χ1) is 13.4. The maximum Gasteiger partial charge on any atom is 0.273 e. The van der Waals surface area contributed by atoms with E-state index in [0.29, 0.717) is 0 Å². The molecule has 8 heteroatoms. The summed E-state index contributed by atoms with van der Waals surface area (Å²) in [6, 6.07) is 13.7. The standard InChI is InChI=1S/C20H18N4O4/c1-13-9-14-5-3-4-6-18(14)23(13)12-15(11-21)20(25)22-17-8-7-16(24(26)27)10-19(17)28-2/h3-8,10,12-13H,9H2,1-2H3,(H,22,25)/b15-12-. The van der Waals surface area contributed by atoms with E-state index in [1.807, 2.05) is 42.2 Å². The number of benzene rings is 2. The molecule has 1 atom stereocenters. The van der Waals surface area contributed by atoms with Gasteiger partial charge in [-0.15, -0.1) is 0 Å². The van der Waals surface area contributed by atoms with Crippen molar-refractivity contribution in [2.45, 2.75) is 19.4 Å². The monoisotopic (exact) mass is 378 g/mol. The van der Waals surface area contributed by atoms with Gasteiger partial charge in [0.1, 0.15) is 17.4 Å². The molecule has 0 aliphatic carbocycles. The predicted molar refractivity (Wildman–Crippen MR) is 104 cm³/mol. The van der Waals surface area contributed by atoms with Crippen molar-refractivity contribution in [2.75, 3.05) is 17.3 Å². The zero-order chi connectivity index (χ0) is 20.3. The molecule has 28 heavy (non-hydrogen) atoms. The molecular formula is C20H18N4O4. The smallest absolute Gasteiger partial charge is 0.273 e. The zero-order valence-electron chi connectivity index (χ0n) is 15.4. The van der Waals surface area contributed by atoms with Crippen LogP contribution < -0.4 is 15.0 Å². The van der Waals surface area contributed by atoms with Crippen molar-refractivity contribution < 1.29 is 14.5 Å². The van der Waals surface area contributed by atoms with Crippen LogP contribution in [-0.4, -0.2) is 24.0 Å². The number of fused-ring (bicyclic) bond motifs is 1. The van der Waals surface area contributed by atoms with Gasteiger partial charge < -0.3 is 15.0 Å². The first-order valence-electron chi connectivity index (χ1n) is 8.56. The number of methoxy groups -OCH3 is 1. The highest BCUT2D eigenvalue weighted by Gasteiger charge is 2.26. The second-order valence-electron chi connectivity index (χ2n) is 6.34. The molecule has 1 aliphatic heterocycles. The van der Waals surface area contributed by atoms with Crippen LogP contribution in [0.25, 0.3) is 0 Å². The van der Waals surface area contributed by atoms with E-state index in [9.17, 15) is 20.2 Å². The molecule has 0 bridgehead atoms. The van der Waals surface area contributed by atoms with Gasteiger partial charge in [-0.1, -0.05) is 18.2 Å². The molecule has 0 fully saturated rings. The maximum atomic E-state index is 12.6. The molecule has 1 N–H and O–H groups in total. The lowest BCUT2D eigenvalue weighted by molar-refractivity contribution is -0.384. The number of para-hydroxylation sites is 1. The third kappa shape index (κ3) is 3.64. The van der Waals surface area contributed by atoms with Crippen molar-refractivity contribution >= 4 is 23.0 Å². The number of non-ortho nitro benzene ring substituents is 1. The zero-order valence-corrected chi connectivity index (χ0v) is 15.4. The van der Waals surface area contributed by atoms with Crippen molar-refractivity contribution in [3.63, 3.8) is 0 Å². The molecule has 0 saturated heterocycles. The van der Waals surface area contributed by atoms with Crippen molar-refractivity contribution in [3.8, 4) is 11.8 Å². The largest absolute Gasteiger partial charge is 0.494 e. The van der Waals surface area contributed by atoms with Crippen LogP contribution in [0.15, 0.2) is 54.2 Å². The quantitative estimate of drug-likeness (QED) is 0.370. The Hall–Kier alpha value is -3.86. The number of ether oxygens (including phenoxy) is 1. The van der Waals surface area contributed by atoms with Gasteiger partial charge >= 0.3 is 0 Å². The van der Waals surface area contributed by atoms with Crippen LogP contribution in [0.1, 0.15) is 12.5 Å². The number of hydrogen-bond acceptors (Lipinski definition) is 6. The molecule has 3 rings (SSSR count). The van der Waals surface area contributed by atoms with E-state index in [4.69, 9.17) is 4.74 Å². The molecule has 2 aromatic carbocycles. The molecule has 1 unspecified atom stereocenters. The first-order valence-corrected chi connectivity index (χ1v) is 8.56. The van der Waals surface area contributed by atoms with E-state index in [-0.39, 0.29) is 28.7 Å². The molecule has 0 aromatic heterocycles. The molecule has 1 amide bonds. The number of anilines is 2. The van der Waals surface area contributed by atoms with Crippen LogP contribution >= 0.6 is 0 Å². The van der Waals surface area contributed by atoms with Gasteiger partial charge in [-0.25, -0.2) is 0 Å². The van der Waals surface area contributed by atoms with E-state index in [1.165, 1.54) is 31.5 Å². The minimum atomic E-state index is -0.619. The second kappa shape index (κ2) is 7.80. The highest BCUT2D eigenvalue weighted by atomic mass is 16.6. The fraction of sp³-hybridized carbons (Fsp3) is 0.200. The van der Waals surface area contributed by atoms with E-state index < -0.39 is 10.8 Å². The van der Waals surface area contributed by atoms with Crippen molar-refractivity contribution in [3.05, 3.63) is 69.9 Å². The predicted octanol–water partition coefficient (Wildman–Crippen LogP) is 3.40. The maximum absolute atomic E-state index is 12.6. The fourth-order valence-electron chi connectivity index (χ4n) is 3.15. The summed E-state index contributed by atoms with van der Waals surface area (Å²) in [5, 5.41) is 23.0. The first kappa shape index (κ1) is 18.9. The molecule has 8 nitrogen and oxygen atoms in total. The van der Waals surface area contributed by atoms with Crippen LogP contribution in [-0.2, 0) is 11.2 Å². The Kier molecular flexibility index (Phi) is 5.27. The van der Waals surface area contributed by atoms with Crippen molar-refractivity contribution in [1.29, 1.82) is 5.26 Å². The summed E-state index contributed by atoms with van der Waals surface area (Å²) in [4.78, 5) is 24.9. The van der Waals surface area contributed by atoms with Crippen LogP contribution in [0.4, 0.5) is 17.1 Å². The van der Waals surface area contributed by atoms with E-state index in [1.54, 1.807) is 0 Å². The third-order valence-corrected chi connectivity index (χ3v) is 4.54. The number of nitrogens with zero attached hydrogens (tertiary/aromatic N) is 3. The van der Waals surface area contributed by atoms with Crippen LogP contribution in [0.5, 0.6) is 5.75 Å². The highest BCUT2D eigenvalue weighted by Crippen LogP contribution is 2.33. The molecule has 1 aliphatic rings. The number of rotatable bonds is 5. The van der Waals surface area contributed by atoms with Crippen molar-refractivity contribution in [2.24, 2.45) is 0 Å². The minimum absolute atomic E-state index is 0.0797. The lowest BCUT2D eigenvalue weighted by atomic mass is 10.1. The lowest BCUT2D eigenvalue weighted by Crippen LogP contribution is -2.26. The van der Waals surface area contributed by atoms with Gasteiger partial charge in [0.25, 0.3) is 11.6 Å². The minimum Gasteiger partial charge on any atom is -0.494 e. The summed E-state index contributed by atoms with van der Waals surface area (Å²) >= 11 is 0. The number of amides is 1. The summed E-state index contributed by atoms with van der Waals surface area (Å²) in [6.07, 6.45) is 2.35. The van der Waals surface area contributed by atoms with Crippen LogP contribution in [0.2, 0.25) is 0 Å². The molecule has 1 heterocycles. The normalized spacial score (nSPS) is 15.5. The van der Waals surface area contributed by atoms with Crippen LogP contribution in [0, 0.1) is 21.4 Å². The summed E-state index contributed by atoms with van der Waals surface area (Å²) in [5.41, 5.74) is 2.12. The molecular weight excluding hydrogens is 360 g/mol. The lowest BCUT2D eigenvalue weighted by Gasteiger charge is -2.20. The number of nitriles is 1. The average molecular weight is 378 g/mol.